The van der Waals surface area contributed by atoms with Gasteiger partial charge in [-0.3, -0.25) is 5.01 Å². The summed E-state index contributed by atoms with van der Waals surface area (Å²) in [6.45, 7) is 4.27. The van der Waals surface area contributed by atoms with Gasteiger partial charge in [-0.1, -0.05) is 0 Å². The Bertz CT molecular complexity index is 135. The molecular weight excluding hydrogens is 130 g/mol. The zero-order valence-electron chi connectivity index (χ0n) is 6.21. The third-order valence-electron chi connectivity index (χ3n) is 1.37. The Hall–Kier alpha value is -0.770. The predicted molar refractivity (Wildman–Crippen MR) is 39.4 cm³/mol. The Morgan fingerprint density at radius 2 is 2.60 bits per heavy atom. The van der Waals surface area contributed by atoms with Crippen molar-refractivity contribution in [1.82, 2.24) is 5.01 Å². The molecule has 0 aromatic heterocycles. The molecule has 2 N–H and O–H groups in total. The largest absolute Gasteiger partial charge is 0.464 e. The van der Waals surface area contributed by atoms with E-state index in [0.717, 1.165) is 26.1 Å². The lowest BCUT2D eigenvalue weighted by Gasteiger charge is -2.21. The van der Waals surface area contributed by atoms with Crippen LogP contribution in [0.15, 0.2) is 4.99 Å². The van der Waals surface area contributed by atoms with Crippen LogP contribution < -0.4 is 5.84 Å². The molecule has 0 bridgehead atoms. The van der Waals surface area contributed by atoms with Crippen LogP contribution in [0.4, 0.5) is 0 Å². The summed E-state index contributed by atoms with van der Waals surface area (Å²) in [5.74, 6) is 5.53. The maximum absolute atomic E-state index is 5.53. The molecule has 0 saturated carbocycles. The van der Waals surface area contributed by atoms with Gasteiger partial charge in [-0.05, 0) is 6.92 Å². The first kappa shape index (κ1) is 7.34. The van der Waals surface area contributed by atoms with E-state index in [0.29, 0.717) is 6.02 Å². The fourth-order valence-electron chi connectivity index (χ4n) is 0.757. The molecule has 0 amide bonds. The van der Waals surface area contributed by atoms with Crippen molar-refractivity contribution in [3.63, 3.8) is 0 Å². The Labute approximate surface area is 60.6 Å². The SMILES string of the molecule is CCN(N)C1=NCCCO1. The van der Waals surface area contributed by atoms with Crippen LogP contribution in [0.1, 0.15) is 13.3 Å². The second kappa shape index (κ2) is 3.41. The monoisotopic (exact) mass is 143 g/mol. The van der Waals surface area contributed by atoms with Crippen molar-refractivity contribution in [3.05, 3.63) is 0 Å². The molecular formula is C6H13N3O. The van der Waals surface area contributed by atoms with Crippen molar-refractivity contribution in [3.8, 4) is 0 Å². The Kier molecular flexibility index (Phi) is 2.50. The van der Waals surface area contributed by atoms with E-state index in [4.69, 9.17) is 10.6 Å². The molecule has 0 radical (unpaired) electrons. The minimum absolute atomic E-state index is 0.578. The van der Waals surface area contributed by atoms with Gasteiger partial charge >= 0.3 is 6.02 Å². The summed E-state index contributed by atoms with van der Waals surface area (Å²) in [4.78, 5) is 4.10. The molecule has 0 aliphatic carbocycles. The summed E-state index contributed by atoms with van der Waals surface area (Å²) >= 11 is 0. The van der Waals surface area contributed by atoms with Crippen molar-refractivity contribution < 1.29 is 4.74 Å². The molecule has 0 saturated heterocycles. The van der Waals surface area contributed by atoms with Crippen LogP contribution in [0.2, 0.25) is 0 Å². The molecule has 1 aliphatic rings. The third kappa shape index (κ3) is 1.60. The topological polar surface area (TPSA) is 50.8 Å². The van der Waals surface area contributed by atoms with Crippen molar-refractivity contribution in [2.75, 3.05) is 19.7 Å². The molecule has 0 spiro atoms. The summed E-state index contributed by atoms with van der Waals surface area (Å²) in [6.07, 6.45) is 1.00. The van der Waals surface area contributed by atoms with Crippen LogP contribution in [0.25, 0.3) is 0 Å². The normalized spacial score (nSPS) is 17.6. The highest BCUT2D eigenvalue weighted by atomic mass is 16.5. The van der Waals surface area contributed by atoms with Gasteiger partial charge in [0, 0.05) is 19.5 Å². The average molecular weight is 143 g/mol. The highest BCUT2D eigenvalue weighted by Gasteiger charge is 2.09. The molecule has 0 atom stereocenters. The highest BCUT2D eigenvalue weighted by molar-refractivity contribution is 5.73. The summed E-state index contributed by atoms with van der Waals surface area (Å²) in [5, 5.41) is 1.51. The smallest absolute Gasteiger partial charge is 0.301 e. The van der Waals surface area contributed by atoms with Crippen LogP contribution in [0.5, 0.6) is 0 Å². The fourth-order valence-corrected chi connectivity index (χ4v) is 0.757. The molecule has 1 rings (SSSR count). The second-order valence-corrected chi connectivity index (χ2v) is 2.15. The van der Waals surface area contributed by atoms with Crippen LogP contribution in [-0.4, -0.2) is 30.7 Å². The number of aliphatic imine (C=N–C) groups is 1. The van der Waals surface area contributed by atoms with Crippen LogP contribution in [0, 0.1) is 0 Å². The second-order valence-electron chi connectivity index (χ2n) is 2.15. The van der Waals surface area contributed by atoms with Crippen molar-refractivity contribution in [1.29, 1.82) is 0 Å². The molecule has 10 heavy (non-hydrogen) atoms. The van der Waals surface area contributed by atoms with Gasteiger partial charge < -0.3 is 4.74 Å². The molecule has 4 heteroatoms. The minimum Gasteiger partial charge on any atom is -0.464 e. The lowest BCUT2D eigenvalue weighted by Crippen LogP contribution is -2.40. The number of hydrazine groups is 1. The summed E-state index contributed by atoms with van der Waals surface area (Å²) < 4.78 is 5.18. The van der Waals surface area contributed by atoms with Gasteiger partial charge in [0.05, 0.1) is 6.61 Å². The maximum Gasteiger partial charge on any atom is 0.301 e. The van der Waals surface area contributed by atoms with Crippen LogP contribution in [0.3, 0.4) is 0 Å². The number of hydrogen-bond donors (Lipinski definition) is 1. The standard InChI is InChI=1S/C6H13N3O/c1-2-9(7)6-8-4-3-5-10-6/h2-5,7H2,1H3. The summed E-state index contributed by atoms with van der Waals surface area (Å²) in [5.41, 5.74) is 0. The molecule has 0 fully saturated rings. The first-order valence-electron chi connectivity index (χ1n) is 3.54. The van der Waals surface area contributed by atoms with E-state index in [9.17, 15) is 0 Å². The highest BCUT2D eigenvalue weighted by Crippen LogP contribution is 1.97. The molecule has 0 aromatic carbocycles. The lowest BCUT2D eigenvalue weighted by molar-refractivity contribution is 0.217. The first-order chi connectivity index (χ1) is 4.84. The minimum atomic E-state index is 0.578. The van der Waals surface area contributed by atoms with E-state index >= 15 is 0 Å². The van der Waals surface area contributed by atoms with Gasteiger partial charge in [-0.2, -0.15) is 0 Å². The van der Waals surface area contributed by atoms with Gasteiger partial charge in [-0.25, -0.2) is 10.8 Å². The van der Waals surface area contributed by atoms with E-state index < -0.39 is 0 Å². The number of hydrogen-bond acceptors (Lipinski definition) is 4. The average Bonchev–Trinajstić information content (AvgIpc) is 2.05. The lowest BCUT2D eigenvalue weighted by atomic mass is 10.4. The zero-order valence-corrected chi connectivity index (χ0v) is 6.21. The van der Waals surface area contributed by atoms with Crippen LogP contribution in [-0.2, 0) is 4.74 Å². The van der Waals surface area contributed by atoms with E-state index in [1.807, 2.05) is 6.92 Å². The number of amidine groups is 1. The third-order valence-corrected chi connectivity index (χ3v) is 1.37. The quantitative estimate of drug-likeness (QED) is 0.414. The number of rotatable bonds is 1. The van der Waals surface area contributed by atoms with Crippen molar-refractivity contribution >= 4 is 6.02 Å². The van der Waals surface area contributed by atoms with E-state index in [2.05, 4.69) is 4.99 Å². The van der Waals surface area contributed by atoms with E-state index in [1.54, 1.807) is 0 Å². The molecule has 1 aliphatic heterocycles. The van der Waals surface area contributed by atoms with E-state index in [-0.39, 0.29) is 0 Å². The number of nitrogens with two attached hydrogens (primary N) is 1. The Morgan fingerprint density at radius 3 is 3.10 bits per heavy atom. The summed E-state index contributed by atoms with van der Waals surface area (Å²) in [7, 11) is 0. The molecule has 4 nitrogen and oxygen atoms in total. The zero-order chi connectivity index (χ0) is 7.40. The Balaban J connectivity index is 2.44. The van der Waals surface area contributed by atoms with Crippen molar-refractivity contribution in [2.24, 2.45) is 10.8 Å². The van der Waals surface area contributed by atoms with Gasteiger partial charge in [0.2, 0.25) is 0 Å². The van der Waals surface area contributed by atoms with Gasteiger partial charge in [-0.15, -0.1) is 0 Å². The molecule has 58 valence electrons. The van der Waals surface area contributed by atoms with Crippen LogP contribution >= 0.6 is 0 Å². The summed E-state index contributed by atoms with van der Waals surface area (Å²) in [6, 6.07) is 0.578. The Morgan fingerprint density at radius 1 is 1.80 bits per heavy atom. The molecule has 0 unspecified atom stereocenters. The number of ether oxygens (including phenoxy) is 1. The molecule has 1 heterocycles. The van der Waals surface area contributed by atoms with Crippen molar-refractivity contribution in [2.45, 2.75) is 13.3 Å². The fraction of sp³-hybridized carbons (Fsp3) is 0.833. The van der Waals surface area contributed by atoms with E-state index in [1.165, 1.54) is 5.01 Å². The predicted octanol–water partition coefficient (Wildman–Crippen LogP) is -0.0417. The molecule has 0 aromatic rings. The van der Waals surface area contributed by atoms with Gasteiger partial charge in [0.25, 0.3) is 0 Å². The van der Waals surface area contributed by atoms with Gasteiger partial charge in [0.15, 0.2) is 0 Å². The number of nitrogens with zero attached hydrogens (tertiary/aromatic N) is 2. The maximum atomic E-state index is 5.53. The first-order valence-corrected chi connectivity index (χ1v) is 3.54. The van der Waals surface area contributed by atoms with Gasteiger partial charge in [0.1, 0.15) is 0 Å².